The minimum absolute atomic E-state index is 0.108. The van der Waals surface area contributed by atoms with Crippen molar-refractivity contribution in [3.05, 3.63) is 0 Å². The highest BCUT2D eigenvalue weighted by Gasteiger charge is 2.81. The second kappa shape index (κ2) is 5.20. The second-order valence-electron chi connectivity index (χ2n) is 4.94. The Kier molecular flexibility index (Phi) is 4.82. The summed E-state index contributed by atoms with van der Waals surface area (Å²) in [5.41, 5.74) is -1.68. The monoisotopic (exact) mass is 410 g/mol. The van der Waals surface area contributed by atoms with E-state index >= 15 is 0 Å². The predicted octanol–water partition coefficient (Wildman–Crippen LogP) is 5.66. The summed E-state index contributed by atoms with van der Waals surface area (Å²) in [5, 5.41) is -0.876. The third kappa shape index (κ3) is 1.67. The van der Waals surface area contributed by atoms with Crippen molar-refractivity contribution < 1.29 is 0 Å². The van der Waals surface area contributed by atoms with Gasteiger partial charge in [0.15, 0.2) is 0 Å². The fraction of sp³-hybridized carbons (Fsp3) is 1.00. The smallest absolute Gasteiger partial charge is 0.126 e. The van der Waals surface area contributed by atoms with Crippen LogP contribution in [0, 0.1) is 16.7 Å². The summed E-state index contributed by atoms with van der Waals surface area (Å²) in [4.78, 5) is -0.789. The maximum absolute atomic E-state index is 6.45. The Labute approximate surface area is 146 Å². The van der Waals surface area contributed by atoms with Gasteiger partial charge < -0.3 is 0 Å². The molecule has 0 N–H and O–H groups in total. The number of hydrogen-bond acceptors (Lipinski definition) is 0. The summed E-state index contributed by atoms with van der Waals surface area (Å²) in [6.07, 6.45) is 0.433. The molecule has 0 spiro atoms. The lowest BCUT2D eigenvalue weighted by Gasteiger charge is -2.48. The van der Waals surface area contributed by atoms with Gasteiger partial charge in [-0.3, -0.25) is 0 Å². The minimum Gasteiger partial charge on any atom is -0.126 e. The van der Waals surface area contributed by atoms with Crippen LogP contribution < -0.4 is 0 Å². The summed E-state index contributed by atoms with van der Waals surface area (Å²) in [7, 11) is 0. The molecule has 8 heteroatoms. The Morgan fingerprint density at radius 2 is 1.61 bits per heavy atom. The first-order valence-electron chi connectivity index (χ1n) is 5.29. The molecule has 18 heavy (non-hydrogen) atoms. The molecule has 106 valence electrons. The van der Waals surface area contributed by atoms with Crippen LogP contribution >= 0.6 is 92.8 Å². The molecule has 0 saturated heterocycles. The van der Waals surface area contributed by atoms with Gasteiger partial charge in [0.2, 0.25) is 0 Å². The van der Waals surface area contributed by atoms with E-state index in [2.05, 4.69) is 0 Å². The van der Waals surface area contributed by atoms with Gasteiger partial charge in [0.05, 0.1) is 10.8 Å². The standard InChI is InChI=1S/C10H10Cl8/c11-2-8(7(15)16)4-1-10(17,18)9(8,3-12)6(14)5(4)13/h4-7H,1-3H2/t4-,5+,6-,8+,9?/m1/s1. The molecule has 5 atom stereocenters. The van der Waals surface area contributed by atoms with E-state index in [1.165, 1.54) is 0 Å². The van der Waals surface area contributed by atoms with Gasteiger partial charge in [0, 0.05) is 22.6 Å². The van der Waals surface area contributed by atoms with Gasteiger partial charge in [-0.15, -0.1) is 92.8 Å². The number of hydrogen-bond donors (Lipinski definition) is 0. The molecule has 1 unspecified atom stereocenters. The van der Waals surface area contributed by atoms with E-state index < -0.39 is 25.4 Å². The summed E-state index contributed by atoms with van der Waals surface area (Å²) in [6, 6.07) is 0. The molecule has 2 saturated carbocycles. The molecule has 2 rings (SSSR count). The van der Waals surface area contributed by atoms with E-state index in [4.69, 9.17) is 92.8 Å². The molecular formula is C10H10Cl8. The lowest BCUT2D eigenvalue weighted by Crippen LogP contribution is -2.55. The average molecular weight is 414 g/mol. The third-order valence-corrected chi connectivity index (χ3v) is 8.53. The fourth-order valence-electron chi connectivity index (χ4n) is 3.57. The molecule has 2 aliphatic rings. The van der Waals surface area contributed by atoms with Crippen LogP contribution in [0.2, 0.25) is 0 Å². The van der Waals surface area contributed by atoms with E-state index in [1.54, 1.807) is 0 Å². The van der Waals surface area contributed by atoms with Crippen molar-refractivity contribution >= 4 is 92.8 Å². The second-order valence-corrected chi connectivity index (χ2v) is 9.03. The Morgan fingerprint density at radius 1 is 1.06 bits per heavy atom. The first-order chi connectivity index (χ1) is 8.23. The van der Waals surface area contributed by atoms with Crippen LogP contribution in [0.4, 0.5) is 0 Å². The SMILES string of the molecule is ClCC12[C@H](Cl)[C@@H](Cl)[C@@H](CC1(Cl)Cl)[C@@]2(CCl)C(Cl)Cl. The zero-order valence-electron chi connectivity index (χ0n) is 8.95. The quantitative estimate of drug-likeness (QED) is 0.523. The van der Waals surface area contributed by atoms with Crippen LogP contribution in [0.1, 0.15) is 6.42 Å². The van der Waals surface area contributed by atoms with Gasteiger partial charge in [0.1, 0.15) is 9.17 Å². The van der Waals surface area contributed by atoms with Crippen molar-refractivity contribution in [2.75, 3.05) is 11.8 Å². The van der Waals surface area contributed by atoms with Crippen molar-refractivity contribution in [3.63, 3.8) is 0 Å². The van der Waals surface area contributed by atoms with Crippen LogP contribution in [0.25, 0.3) is 0 Å². The van der Waals surface area contributed by atoms with Gasteiger partial charge >= 0.3 is 0 Å². The Balaban J connectivity index is 2.68. The van der Waals surface area contributed by atoms with Crippen LogP contribution in [0.15, 0.2) is 0 Å². The minimum atomic E-state index is -1.13. The fourth-order valence-corrected chi connectivity index (χ4v) is 8.38. The molecule has 0 nitrogen and oxygen atoms in total. The maximum Gasteiger partial charge on any atom is 0.127 e. The molecule has 2 bridgehead atoms. The van der Waals surface area contributed by atoms with Crippen molar-refractivity contribution in [2.24, 2.45) is 16.7 Å². The molecular weight excluding hydrogens is 404 g/mol. The Hall–Kier alpha value is 2.32. The largest absolute Gasteiger partial charge is 0.127 e. The lowest BCUT2D eigenvalue weighted by atomic mass is 9.69. The summed E-state index contributed by atoms with van der Waals surface area (Å²) >= 11 is 50.4. The number of fused-ring (bicyclic) bond motifs is 2. The average Bonchev–Trinajstić information content (AvgIpc) is 2.61. The van der Waals surface area contributed by atoms with Crippen LogP contribution in [-0.2, 0) is 0 Å². The van der Waals surface area contributed by atoms with E-state index in [1.807, 2.05) is 0 Å². The first-order valence-corrected chi connectivity index (χ1v) is 8.86. The normalized spacial score (nSPS) is 50.2. The maximum atomic E-state index is 6.45. The highest BCUT2D eigenvalue weighted by molar-refractivity contribution is 6.52. The molecule has 0 aromatic rings. The number of alkyl halides is 8. The highest BCUT2D eigenvalue weighted by Crippen LogP contribution is 2.77. The van der Waals surface area contributed by atoms with Gasteiger partial charge in [-0.05, 0) is 12.3 Å². The van der Waals surface area contributed by atoms with Crippen LogP contribution in [0.3, 0.4) is 0 Å². The zero-order chi connectivity index (χ0) is 13.9. The van der Waals surface area contributed by atoms with Gasteiger partial charge in [0.25, 0.3) is 0 Å². The molecule has 0 aromatic carbocycles. The highest BCUT2D eigenvalue weighted by atomic mass is 35.5. The third-order valence-electron chi connectivity index (χ3n) is 4.58. The van der Waals surface area contributed by atoms with E-state index in [9.17, 15) is 0 Å². The lowest BCUT2D eigenvalue weighted by molar-refractivity contribution is 0.149. The van der Waals surface area contributed by atoms with Crippen molar-refractivity contribution in [1.29, 1.82) is 0 Å². The Bertz CT molecular complexity index is 345. The van der Waals surface area contributed by atoms with E-state index in [-0.39, 0.29) is 23.1 Å². The number of halogens is 8. The number of rotatable bonds is 3. The molecule has 0 heterocycles. The van der Waals surface area contributed by atoms with E-state index in [0.29, 0.717) is 6.42 Å². The van der Waals surface area contributed by atoms with Crippen molar-refractivity contribution in [3.8, 4) is 0 Å². The zero-order valence-corrected chi connectivity index (χ0v) is 15.0. The summed E-state index contributed by atoms with van der Waals surface area (Å²) < 4.78 is -1.13. The molecule has 0 aromatic heterocycles. The van der Waals surface area contributed by atoms with Gasteiger partial charge in [-0.25, -0.2) is 0 Å². The van der Waals surface area contributed by atoms with Gasteiger partial charge in [-0.2, -0.15) is 0 Å². The molecule has 0 amide bonds. The Morgan fingerprint density at radius 3 is 1.94 bits per heavy atom. The van der Waals surface area contributed by atoms with Crippen molar-refractivity contribution in [1.82, 2.24) is 0 Å². The predicted molar refractivity (Wildman–Crippen MR) is 83.6 cm³/mol. The van der Waals surface area contributed by atoms with Gasteiger partial charge in [-0.1, -0.05) is 0 Å². The van der Waals surface area contributed by atoms with Crippen LogP contribution in [0.5, 0.6) is 0 Å². The topological polar surface area (TPSA) is 0 Å². The molecule has 0 radical (unpaired) electrons. The molecule has 2 aliphatic carbocycles. The molecule has 2 fully saturated rings. The molecule has 0 aliphatic heterocycles. The van der Waals surface area contributed by atoms with E-state index in [0.717, 1.165) is 0 Å². The summed E-state index contributed by atoms with van der Waals surface area (Å²) in [6.45, 7) is 0. The van der Waals surface area contributed by atoms with Crippen LogP contribution in [-0.4, -0.2) is 31.7 Å². The summed E-state index contributed by atoms with van der Waals surface area (Å²) in [5.74, 6) is 0.111. The first kappa shape index (κ1) is 16.7. The van der Waals surface area contributed by atoms with Crippen molar-refractivity contribution in [2.45, 2.75) is 26.3 Å².